The maximum absolute atomic E-state index is 14.0. The second kappa shape index (κ2) is 4.03. The third-order valence-corrected chi connectivity index (χ3v) is 3.23. The Bertz CT molecular complexity index is 706. The van der Waals surface area contributed by atoms with Gasteiger partial charge in [0.25, 0.3) is 0 Å². The number of rotatable bonds is 2. The number of benzene rings is 1. The Balaban J connectivity index is 2.18. The average molecular weight is 260 g/mol. The average Bonchev–Trinajstić information content (AvgIpc) is 3.14. The van der Waals surface area contributed by atoms with Crippen molar-refractivity contribution < 1.29 is 4.39 Å². The van der Waals surface area contributed by atoms with Crippen LogP contribution in [0.15, 0.2) is 18.2 Å². The second-order valence-electron chi connectivity index (χ2n) is 4.27. The maximum atomic E-state index is 14.0. The normalized spacial score (nSPS) is 14.4. The molecule has 4 nitrogen and oxygen atoms in total. The zero-order chi connectivity index (χ0) is 12.7. The van der Waals surface area contributed by atoms with Gasteiger partial charge >= 0.3 is 0 Å². The van der Waals surface area contributed by atoms with Gasteiger partial charge in [0.1, 0.15) is 11.6 Å². The molecule has 2 aromatic rings. The summed E-state index contributed by atoms with van der Waals surface area (Å²) in [7, 11) is 0. The van der Waals surface area contributed by atoms with Crippen LogP contribution in [0.2, 0.25) is 0 Å². The molecule has 0 unspecified atom stereocenters. The number of hydrogen-bond donors (Lipinski definition) is 1. The summed E-state index contributed by atoms with van der Waals surface area (Å²) in [5.41, 5.74) is 0.633. The van der Waals surface area contributed by atoms with E-state index in [2.05, 4.69) is 10.2 Å². The van der Waals surface area contributed by atoms with Gasteiger partial charge in [0.2, 0.25) is 0 Å². The number of aromatic nitrogens is 3. The molecule has 1 aromatic heterocycles. The number of nitrogens with one attached hydrogen (secondary N) is 1. The van der Waals surface area contributed by atoms with Crippen LogP contribution in [-0.2, 0) is 0 Å². The van der Waals surface area contributed by atoms with Crippen molar-refractivity contribution >= 4 is 12.2 Å². The Labute approximate surface area is 108 Å². The first kappa shape index (κ1) is 11.1. The van der Waals surface area contributed by atoms with E-state index in [1.807, 2.05) is 6.07 Å². The van der Waals surface area contributed by atoms with Crippen molar-refractivity contribution in [3.8, 4) is 11.8 Å². The summed E-state index contributed by atoms with van der Waals surface area (Å²) < 4.78 is 16.0. The van der Waals surface area contributed by atoms with Crippen LogP contribution in [0.4, 0.5) is 4.39 Å². The van der Waals surface area contributed by atoms with Gasteiger partial charge in [0, 0.05) is 5.92 Å². The van der Waals surface area contributed by atoms with Gasteiger partial charge in [0.15, 0.2) is 4.77 Å². The SMILES string of the molecule is N#Cc1ccc(-n2c(C3CC3)n[nH]c2=S)c(F)c1. The van der Waals surface area contributed by atoms with Gasteiger partial charge in [-0.25, -0.2) is 4.39 Å². The van der Waals surface area contributed by atoms with Crippen molar-refractivity contribution in [2.24, 2.45) is 0 Å². The highest BCUT2D eigenvalue weighted by molar-refractivity contribution is 7.71. The van der Waals surface area contributed by atoms with Gasteiger partial charge in [-0.05, 0) is 43.3 Å². The van der Waals surface area contributed by atoms with Gasteiger partial charge in [-0.15, -0.1) is 0 Å². The highest BCUT2D eigenvalue weighted by Gasteiger charge is 2.30. The summed E-state index contributed by atoms with van der Waals surface area (Å²) in [6.45, 7) is 0. The Morgan fingerprint density at radius 1 is 1.50 bits per heavy atom. The highest BCUT2D eigenvalue weighted by atomic mass is 32.1. The molecule has 0 radical (unpaired) electrons. The standard InChI is InChI=1S/C12H9FN4S/c13-9-5-7(6-14)1-4-10(9)17-11(8-2-3-8)15-16-12(17)18/h1,4-5,8H,2-3H2,(H,16,18). The van der Waals surface area contributed by atoms with Crippen LogP contribution in [0.25, 0.3) is 5.69 Å². The van der Waals surface area contributed by atoms with Gasteiger partial charge in [-0.1, -0.05) is 0 Å². The summed E-state index contributed by atoms with van der Waals surface area (Å²) in [5, 5.41) is 15.6. The molecule has 1 saturated carbocycles. The Kier molecular flexibility index (Phi) is 2.49. The fourth-order valence-corrected chi connectivity index (χ4v) is 2.15. The van der Waals surface area contributed by atoms with Gasteiger partial charge < -0.3 is 0 Å². The summed E-state index contributed by atoms with van der Waals surface area (Å²) >= 11 is 5.14. The number of halogens is 1. The second-order valence-corrected chi connectivity index (χ2v) is 4.66. The molecule has 0 atom stereocenters. The number of H-pyrrole nitrogens is 1. The zero-order valence-electron chi connectivity index (χ0n) is 9.35. The molecule has 1 aliphatic rings. The number of aromatic amines is 1. The fraction of sp³-hybridized carbons (Fsp3) is 0.250. The quantitative estimate of drug-likeness (QED) is 0.845. The van der Waals surface area contributed by atoms with E-state index in [4.69, 9.17) is 17.5 Å². The first-order valence-electron chi connectivity index (χ1n) is 5.58. The summed E-state index contributed by atoms with van der Waals surface area (Å²) in [5.74, 6) is 0.657. The van der Waals surface area contributed by atoms with Crippen LogP contribution in [0.1, 0.15) is 30.1 Å². The van der Waals surface area contributed by atoms with E-state index in [1.54, 1.807) is 16.7 Å². The third-order valence-electron chi connectivity index (χ3n) is 2.96. The Hall–Kier alpha value is -2.00. The highest BCUT2D eigenvalue weighted by Crippen LogP contribution is 2.39. The molecule has 1 N–H and O–H groups in total. The van der Waals surface area contributed by atoms with E-state index in [1.165, 1.54) is 6.07 Å². The minimum atomic E-state index is -0.464. The Morgan fingerprint density at radius 2 is 2.28 bits per heavy atom. The largest absolute Gasteiger partial charge is 0.269 e. The number of nitriles is 1. The summed E-state index contributed by atoms with van der Waals surface area (Å²) in [6, 6.07) is 6.25. The summed E-state index contributed by atoms with van der Waals surface area (Å²) in [4.78, 5) is 0. The van der Waals surface area contributed by atoms with Crippen LogP contribution < -0.4 is 0 Å². The molecule has 0 spiro atoms. The molecule has 1 aliphatic carbocycles. The van der Waals surface area contributed by atoms with Gasteiger partial charge in [-0.3, -0.25) is 9.67 Å². The van der Waals surface area contributed by atoms with Gasteiger partial charge in [0.05, 0.1) is 17.3 Å². The fourth-order valence-electron chi connectivity index (χ4n) is 1.92. The molecule has 0 aliphatic heterocycles. The van der Waals surface area contributed by atoms with Crippen molar-refractivity contribution in [2.75, 3.05) is 0 Å². The van der Waals surface area contributed by atoms with E-state index in [9.17, 15) is 4.39 Å². The van der Waals surface area contributed by atoms with Crippen molar-refractivity contribution in [1.29, 1.82) is 5.26 Å². The third kappa shape index (κ3) is 1.73. The molecule has 1 aromatic carbocycles. The van der Waals surface area contributed by atoms with Gasteiger partial charge in [-0.2, -0.15) is 10.4 Å². The van der Waals surface area contributed by atoms with Crippen molar-refractivity contribution in [1.82, 2.24) is 14.8 Å². The first-order valence-corrected chi connectivity index (χ1v) is 5.99. The van der Waals surface area contributed by atoms with Crippen LogP contribution >= 0.6 is 12.2 Å². The molecule has 1 fully saturated rings. The smallest absolute Gasteiger partial charge is 0.199 e. The predicted octanol–water partition coefficient (Wildman–Crippen LogP) is 2.82. The van der Waals surface area contributed by atoms with Crippen LogP contribution in [0.3, 0.4) is 0 Å². The van der Waals surface area contributed by atoms with Crippen molar-refractivity contribution in [3.05, 3.63) is 40.2 Å². The Morgan fingerprint density at radius 3 is 2.89 bits per heavy atom. The lowest BCUT2D eigenvalue weighted by atomic mass is 10.2. The predicted molar refractivity (Wildman–Crippen MR) is 65.4 cm³/mol. The number of hydrogen-bond acceptors (Lipinski definition) is 3. The van der Waals surface area contributed by atoms with E-state index in [0.717, 1.165) is 18.7 Å². The summed E-state index contributed by atoms with van der Waals surface area (Å²) in [6.07, 6.45) is 2.11. The molecule has 3 rings (SSSR count). The lowest BCUT2D eigenvalue weighted by Gasteiger charge is -2.07. The molecule has 0 amide bonds. The minimum Gasteiger partial charge on any atom is -0.269 e. The molecule has 6 heteroatoms. The molecule has 0 saturated heterocycles. The van der Waals surface area contributed by atoms with E-state index >= 15 is 0 Å². The van der Waals surface area contributed by atoms with Crippen LogP contribution in [-0.4, -0.2) is 14.8 Å². The zero-order valence-corrected chi connectivity index (χ0v) is 10.2. The monoisotopic (exact) mass is 260 g/mol. The van der Waals surface area contributed by atoms with Crippen molar-refractivity contribution in [2.45, 2.75) is 18.8 Å². The number of nitrogens with zero attached hydrogens (tertiary/aromatic N) is 3. The maximum Gasteiger partial charge on any atom is 0.199 e. The van der Waals surface area contributed by atoms with Crippen LogP contribution in [0, 0.1) is 21.9 Å². The lowest BCUT2D eigenvalue weighted by molar-refractivity contribution is 0.614. The van der Waals surface area contributed by atoms with Crippen LogP contribution in [0.5, 0.6) is 0 Å². The lowest BCUT2D eigenvalue weighted by Crippen LogP contribution is -2.03. The molecule has 1 heterocycles. The molecule has 90 valence electrons. The molecular formula is C12H9FN4S. The van der Waals surface area contributed by atoms with E-state index < -0.39 is 5.82 Å². The first-order chi connectivity index (χ1) is 8.70. The topological polar surface area (TPSA) is 57.4 Å². The molecule has 18 heavy (non-hydrogen) atoms. The van der Waals surface area contributed by atoms with Crippen molar-refractivity contribution in [3.63, 3.8) is 0 Å². The molecule has 0 bridgehead atoms. The minimum absolute atomic E-state index is 0.291. The van der Waals surface area contributed by atoms with E-state index in [-0.39, 0.29) is 0 Å². The molecular weight excluding hydrogens is 251 g/mol. The van der Waals surface area contributed by atoms with E-state index in [0.29, 0.717) is 21.9 Å².